The lowest BCUT2D eigenvalue weighted by molar-refractivity contribution is -0.255. The Balaban J connectivity index is 1.85. The van der Waals surface area contributed by atoms with E-state index in [9.17, 15) is 14.7 Å². The summed E-state index contributed by atoms with van der Waals surface area (Å²) in [7, 11) is 1.57. The van der Waals surface area contributed by atoms with E-state index in [1.807, 2.05) is 12.1 Å². The van der Waals surface area contributed by atoms with E-state index in [0.29, 0.717) is 41.0 Å². The fourth-order valence-corrected chi connectivity index (χ4v) is 2.91. The Bertz CT molecular complexity index is 1020. The van der Waals surface area contributed by atoms with Crippen LogP contribution in [0, 0.1) is 5.92 Å². The van der Waals surface area contributed by atoms with Crippen LogP contribution < -0.4 is 19.6 Å². The van der Waals surface area contributed by atoms with Gasteiger partial charge in [0.25, 0.3) is 5.91 Å². The molecular formula is C23H23N2O5-. The van der Waals surface area contributed by atoms with Gasteiger partial charge in [-0.1, -0.05) is 32.0 Å². The van der Waals surface area contributed by atoms with Crippen molar-refractivity contribution in [2.75, 3.05) is 18.7 Å². The molecule has 0 radical (unpaired) electrons. The average molecular weight is 407 g/mol. The lowest BCUT2D eigenvalue weighted by Gasteiger charge is -2.13. The summed E-state index contributed by atoms with van der Waals surface area (Å²) >= 11 is 0. The molecule has 0 spiro atoms. The molecule has 2 aromatic rings. The molecule has 0 saturated carbocycles. The summed E-state index contributed by atoms with van der Waals surface area (Å²) in [6.07, 6.45) is 1.74. The monoisotopic (exact) mass is 407 g/mol. The van der Waals surface area contributed by atoms with Crippen molar-refractivity contribution >= 4 is 29.4 Å². The summed E-state index contributed by atoms with van der Waals surface area (Å²) in [5.74, 6) is 0.0429. The highest BCUT2D eigenvalue weighted by atomic mass is 16.5. The molecule has 1 amide bonds. The number of aromatic carboxylic acids is 1. The number of benzene rings is 2. The maximum absolute atomic E-state index is 12.9. The van der Waals surface area contributed by atoms with E-state index in [0.717, 1.165) is 5.56 Å². The van der Waals surface area contributed by atoms with Crippen LogP contribution in [-0.2, 0) is 4.79 Å². The number of hydrogen-bond acceptors (Lipinski definition) is 6. The first-order valence-electron chi connectivity index (χ1n) is 9.54. The summed E-state index contributed by atoms with van der Waals surface area (Å²) in [4.78, 5) is 23.8. The van der Waals surface area contributed by atoms with Crippen LogP contribution in [0.15, 0.2) is 53.1 Å². The molecule has 1 aliphatic rings. The van der Waals surface area contributed by atoms with Gasteiger partial charge >= 0.3 is 0 Å². The molecule has 7 nitrogen and oxygen atoms in total. The van der Waals surface area contributed by atoms with Crippen LogP contribution in [0.4, 0.5) is 5.69 Å². The van der Waals surface area contributed by atoms with Gasteiger partial charge in [0.2, 0.25) is 0 Å². The lowest BCUT2D eigenvalue weighted by atomic mass is 10.1. The van der Waals surface area contributed by atoms with Gasteiger partial charge in [-0.2, -0.15) is 10.1 Å². The van der Waals surface area contributed by atoms with Crippen LogP contribution in [0.1, 0.15) is 36.7 Å². The number of ether oxygens (including phenoxy) is 2. The number of amides is 1. The largest absolute Gasteiger partial charge is 0.545 e. The minimum absolute atomic E-state index is 0.0359. The fraction of sp³-hybridized carbons (Fsp3) is 0.261. The number of carboxylic acids is 1. The molecule has 0 atom stereocenters. The molecule has 0 N–H and O–H groups in total. The number of carbonyl (C=O) groups excluding carboxylic acids is 2. The smallest absolute Gasteiger partial charge is 0.280 e. The number of carboxylic acid groups (broad SMARTS) is 1. The predicted octanol–water partition coefficient (Wildman–Crippen LogP) is 2.90. The Hall–Kier alpha value is -3.61. The molecule has 1 heterocycles. The first-order valence-corrected chi connectivity index (χ1v) is 9.54. The van der Waals surface area contributed by atoms with Crippen molar-refractivity contribution in [1.82, 2.24) is 0 Å². The van der Waals surface area contributed by atoms with Crippen molar-refractivity contribution in [3.05, 3.63) is 59.2 Å². The topological polar surface area (TPSA) is 91.3 Å². The quantitative estimate of drug-likeness (QED) is 0.658. The molecular weight excluding hydrogens is 384 g/mol. The van der Waals surface area contributed by atoms with Gasteiger partial charge in [-0.15, -0.1) is 0 Å². The molecule has 7 heteroatoms. The van der Waals surface area contributed by atoms with Crippen molar-refractivity contribution in [3.8, 4) is 11.5 Å². The van der Waals surface area contributed by atoms with Crippen LogP contribution in [0.5, 0.6) is 11.5 Å². The van der Waals surface area contributed by atoms with Crippen molar-refractivity contribution in [1.29, 1.82) is 0 Å². The Labute approximate surface area is 175 Å². The van der Waals surface area contributed by atoms with Gasteiger partial charge in [0, 0.05) is 0 Å². The van der Waals surface area contributed by atoms with Crippen LogP contribution in [0.2, 0.25) is 0 Å². The second-order valence-electron chi connectivity index (χ2n) is 7.31. The minimum atomic E-state index is -1.27. The molecule has 0 fully saturated rings. The molecule has 0 unspecified atom stereocenters. The molecule has 2 aromatic carbocycles. The molecule has 30 heavy (non-hydrogen) atoms. The Morgan fingerprint density at radius 1 is 1.17 bits per heavy atom. The molecule has 1 aliphatic heterocycles. The summed E-state index contributed by atoms with van der Waals surface area (Å²) < 4.78 is 11.2. The Morgan fingerprint density at radius 3 is 2.47 bits per heavy atom. The van der Waals surface area contributed by atoms with Crippen LogP contribution in [0.25, 0.3) is 6.08 Å². The maximum atomic E-state index is 12.9. The van der Waals surface area contributed by atoms with E-state index in [4.69, 9.17) is 9.47 Å². The normalized spacial score (nSPS) is 15.0. The van der Waals surface area contributed by atoms with E-state index in [1.165, 1.54) is 29.3 Å². The van der Waals surface area contributed by atoms with Crippen molar-refractivity contribution in [2.45, 2.75) is 20.8 Å². The summed E-state index contributed by atoms with van der Waals surface area (Å²) in [5, 5.41) is 16.5. The minimum Gasteiger partial charge on any atom is -0.545 e. The molecule has 156 valence electrons. The van der Waals surface area contributed by atoms with Gasteiger partial charge in [0.15, 0.2) is 11.5 Å². The number of nitrogens with zero attached hydrogens (tertiary/aromatic N) is 2. The zero-order valence-corrected chi connectivity index (χ0v) is 17.3. The summed E-state index contributed by atoms with van der Waals surface area (Å²) in [5.41, 5.74) is 2.28. The zero-order valence-electron chi connectivity index (χ0n) is 17.3. The average Bonchev–Trinajstić information content (AvgIpc) is 3.00. The number of rotatable bonds is 7. The van der Waals surface area contributed by atoms with Gasteiger partial charge in [-0.25, -0.2) is 0 Å². The van der Waals surface area contributed by atoms with Gasteiger partial charge in [0.1, 0.15) is 0 Å². The second kappa shape index (κ2) is 8.82. The van der Waals surface area contributed by atoms with E-state index >= 15 is 0 Å². The van der Waals surface area contributed by atoms with E-state index in [1.54, 1.807) is 26.2 Å². The first kappa shape index (κ1) is 21.1. The summed E-state index contributed by atoms with van der Waals surface area (Å²) in [6, 6.07) is 11.3. The first-order chi connectivity index (χ1) is 14.3. The molecule has 0 bridgehead atoms. The van der Waals surface area contributed by atoms with Crippen LogP contribution >= 0.6 is 0 Å². The van der Waals surface area contributed by atoms with Crippen LogP contribution in [0.3, 0.4) is 0 Å². The SMILES string of the molecule is COc1cc(/C=C2\C(=O)N(c3ccc(C(=O)[O-])cc3)N=C2C)ccc1OCC(C)C. The number of methoxy groups -OCH3 is 1. The molecule has 0 aromatic heterocycles. The predicted molar refractivity (Wildman–Crippen MR) is 113 cm³/mol. The summed E-state index contributed by atoms with van der Waals surface area (Å²) in [6.45, 7) is 6.46. The van der Waals surface area contributed by atoms with Gasteiger partial charge in [0.05, 0.1) is 36.7 Å². The third-order valence-electron chi connectivity index (χ3n) is 4.48. The highest BCUT2D eigenvalue weighted by Crippen LogP contribution is 2.31. The number of anilines is 1. The van der Waals surface area contributed by atoms with E-state index in [-0.39, 0.29) is 11.5 Å². The Kier molecular flexibility index (Phi) is 6.20. The van der Waals surface area contributed by atoms with Gasteiger partial charge < -0.3 is 19.4 Å². The van der Waals surface area contributed by atoms with Crippen molar-refractivity contribution in [3.63, 3.8) is 0 Å². The zero-order chi connectivity index (χ0) is 21.8. The van der Waals surface area contributed by atoms with Crippen LogP contribution in [-0.4, -0.2) is 31.3 Å². The Morgan fingerprint density at radius 2 is 1.87 bits per heavy atom. The standard InChI is InChI=1S/C23H24N2O5/c1-14(2)13-30-20-10-5-16(12-21(20)29-4)11-19-15(3)24-25(22(19)26)18-8-6-17(7-9-18)23(27)28/h5-12,14H,13H2,1-4H3,(H,27,28)/p-1/b19-11-. The fourth-order valence-electron chi connectivity index (χ4n) is 2.91. The van der Waals surface area contributed by atoms with Crippen molar-refractivity contribution in [2.24, 2.45) is 11.0 Å². The number of hydrogen-bond donors (Lipinski definition) is 0. The lowest BCUT2D eigenvalue weighted by Crippen LogP contribution is -2.23. The highest BCUT2D eigenvalue weighted by molar-refractivity contribution is 6.32. The van der Waals surface area contributed by atoms with Crippen molar-refractivity contribution < 1.29 is 24.2 Å². The highest BCUT2D eigenvalue weighted by Gasteiger charge is 2.28. The molecule has 3 rings (SSSR count). The third-order valence-corrected chi connectivity index (χ3v) is 4.48. The number of carbonyl (C=O) groups is 2. The van der Waals surface area contributed by atoms with Gasteiger partial charge in [-0.3, -0.25) is 4.79 Å². The van der Waals surface area contributed by atoms with Gasteiger partial charge in [-0.05, 0) is 54.3 Å². The molecule has 0 saturated heterocycles. The maximum Gasteiger partial charge on any atom is 0.280 e. The van der Waals surface area contributed by atoms with E-state index in [2.05, 4.69) is 18.9 Å². The third kappa shape index (κ3) is 4.51. The molecule has 0 aliphatic carbocycles. The number of hydrazone groups is 1. The van der Waals surface area contributed by atoms with E-state index < -0.39 is 5.97 Å². The second-order valence-corrected chi connectivity index (χ2v) is 7.31.